The van der Waals surface area contributed by atoms with E-state index in [0.29, 0.717) is 5.39 Å². The smallest absolute Gasteiger partial charge is 0.155 e. The molecule has 0 spiro atoms. The van der Waals surface area contributed by atoms with Gasteiger partial charge in [0.25, 0.3) is 0 Å². The molecule has 1 aromatic heterocycles. The largest absolute Gasteiger partial charge is 0.512 e. The molecule has 0 unspecified atom stereocenters. The van der Waals surface area contributed by atoms with Crippen LogP contribution in [0, 0.1) is 18.8 Å². The fourth-order valence-corrected chi connectivity index (χ4v) is 3.19. The summed E-state index contributed by atoms with van der Waals surface area (Å²) in [4.78, 5) is 14.8. The Morgan fingerprint density at radius 3 is 2.40 bits per heavy atom. The van der Waals surface area contributed by atoms with Crippen LogP contribution in [0.15, 0.2) is 72.5 Å². The van der Waals surface area contributed by atoms with E-state index in [1.165, 1.54) is 26.0 Å². The Balaban J connectivity index is 0.000000350. The van der Waals surface area contributed by atoms with Gasteiger partial charge in [-0.3, -0.25) is 9.78 Å². The van der Waals surface area contributed by atoms with Crippen molar-refractivity contribution in [3.8, 4) is 11.3 Å². The summed E-state index contributed by atoms with van der Waals surface area (Å²) >= 11 is 0. The van der Waals surface area contributed by atoms with Crippen LogP contribution in [0.25, 0.3) is 32.9 Å². The van der Waals surface area contributed by atoms with Crippen molar-refractivity contribution in [1.29, 1.82) is 0 Å². The average Bonchev–Trinajstić information content (AvgIpc) is 2.67. The minimum atomic E-state index is -0.217. The number of aliphatic hydroxyl groups is 1. The van der Waals surface area contributed by atoms with Crippen LogP contribution >= 0.6 is 0 Å². The van der Waals surface area contributed by atoms with E-state index in [9.17, 15) is 9.18 Å². The molecule has 1 radical (unpaired) electrons. The maximum atomic E-state index is 14.0. The molecule has 4 aromatic rings. The molecular formula is C25H21FIrNO2-. The fraction of sp³-hybridized carbons (Fsp3) is 0.120. The molecule has 155 valence electrons. The molecule has 0 bridgehead atoms. The molecule has 3 nitrogen and oxygen atoms in total. The Labute approximate surface area is 188 Å². The number of benzene rings is 3. The van der Waals surface area contributed by atoms with Crippen molar-refractivity contribution in [2.24, 2.45) is 0 Å². The molecule has 0 aliphatic carbocycles. The number of nitrogens with zero attached hydrogens (tertiary/aromatic N) is 1. The standard InChI is InChI=1S/C20H13FN.C5H8O2.Ir/c1-13-12-20(22-19-11-3-2-6-14(13)19)17-9-4-8-16-15(17)7-5-10-18(16)21;1-4(6)3-5(2)7;/h2-8,10-12H,1H3;3,6H,1-2H3;/q-1;;/b;4-3-;. The molecule has 0 atom stereocenters. The molecule has 5 heteroatoms. The number of aliphatic hydroxyl groups excluding tert-OH is 1. The Kier molecular flexibility index (Phi) is 7.99. The van der Waals surface area contributed by atoms with Crippen molar-refractivity contribution in [3.05, 3.63) is 89.9 Å². The zero-order valence-electron chi connectivity index (χ0n) is 16.9. The molecule has 0 aliphatic rings. The van der Waals surface area contributed by atoms with Crippen LogP contribution in [0.2, 0.25) is 0 Å². The number of hydrogen-bond donors (Lipinski definition) is 1. The van der Waals surface area contributed by atoms with E-state index in [2.05, 4.69) is 19.1 Å². The third-order valence-corrected chi connectivity index (χ3v) is 4.39. The van der Waals surface area contributed by atoms with E-state index in [-0.39, 0.29) is 37.5 Å². The van der Waals surface area contributed by atoms with Crippen LogP contribution in [-0.2, 0) is 24.9 Å². The predicted molar refractivity (Wildman–Crippen MR) is 115 cm³/mol. The molecule has 30 heavy (non-hydrogen) atoms. The minimum absolute atomic E-state index is 0. The summed E-state index contributed by atoms with van der Waals surface area (Å²) in [6.07, 6.45) is 1.17. The van der Waals surface area contributed by atoms with E-state index < -0.39 is 0 Å². The van der Waals surface area contributed by atoms with Crippen molar-refractivity contribution in [1.82, 2.24) is 4.98 Å². The van der Waals surface area contributed by atoms with Gasteiger partial charge >= 0.3 is 0 Å². The van der Waals surface area contributed by atoms with Gasteiger partial charge in [0.15, 0.2) is 5.78 Å². The zero-order valence-corrected chi connectivity index (χ0v) is 19.3. The first-order valence-electron chi connectivity index (χ1n) is 9.20. The number of para-hydroxylation sites is 1. The van der Waals surface area contributed by atoms with Crippen LogP contribution in [-0.4, -0.2) is 15.9 Å². The Hall–Kier alpha value is -2.88. The van der Waals surface area contributed by atoms with Gasteiger partial charge in [-0.15, -0.1) is 23.8 Å². The number of aryl methyl sites for hydroxylation is 1. The van der Waals surface area contributed by atoms with Crippen molar-refractivity contribution in [3.63, 3.8) is 0 Å². The second kappa shape index (κ2) is 10.2. The van der Waals surface area contributed by atoms with Gasteiger partial charge in [-0.1, -0.05) is 47.2 Å². The monoisotopic (exact) mass is 579 g/mol. The van der Waals surface area contributed by atoms with Crippen molar-refractivity contribution < 1.29 is 34.4 Å². The topological polar surface area (TPSA) is 50.2 Å². The number of hydrogen-bond acceptors (Lipinski definition) is 3. The van der Waals surface area contributed by atoms with Gasteiger partial charge in [0.05, 0.1) is 11.3 Å². The van der Waals surface area contributed by atoms with E-state index in [1.54, 1.807) is 18.2 Å². The van der Waals surface area contributed by atoms with E-state index in [4.69, 9.17) is 10.1 Å². The summed E-state index contributed by atoms with van der Waals surface area (Å²) < 4.78 is 14.0. The zero-order chi connectivity index (χ0) is 21.0. The summed E-state index contributed by atoms with van der Waals surface area (Å²) in [6, 6.07) is 21.9. The maximum absolute atomic E-state index is 14.0. The third-order valence-electron chi connectivity index (χ3n) is 4.39. The summed E-state index contributed by atoms with van der Waals surface area (Å²) in [5, 5.41) is 10.9. The predicted octanol–water partition coefficient (Wildman–Crippen LogP) is 6.34. The number of carbonyl (C=O) groups excluding carboxylic acids is 1. The molecule has 1 heterocycles. The Morgan fingerprint density at radius 2 is 1.73 bits per heavy atom. The first-order chi connectivity index (χ1) is 13.9. The van der Waals surface area contributed by atoms with Crippen LogP contribution in [0.5, 0.6) is 0 Å². The van der Waals surface area contributed by atoms with Crippen LogP contribution in [0.1, 0.15) is 19.4 Å². The molecule has 4 rings (SSSR count). The Morgan fingerprint density at radius 1 is 1.03 bits per heavy atom. The molecule has 0 aliphatic heterocycles. The average molecular weight is 579 g/mol. The number of aromatic nitrogens is 1. The molecule has 0 fully saturated rings. The SMILES string of the molecule is CC(=O)/C=C(/C)O.Cc1cc(-c2[c-]ccc3c(F)cccc23)nc2ccccc12.[Ir]. The number of pyridine rings is 1. The molecule has 0 saturated heterocycles. The first kappa shape index (κ1) is 23.4. The van der Waals surface area contributed by atoms with Gasteiger partial charge < -0.3 is 5.11 Å². The quantitative estimate of drug-likeness (QED) is 0.172. The normalized spacial score (nSPS) is 10.9. The molecule has 1 N–H and O–H groups in total. The number of fused-ring (bicyclic) bond motifs is 2. The molecule has 0 saturated carbocycles. The number of ketones is 1. The van der Waals surface area contributed by atoms with Crippen LogP contribution in [0.3, 0.4) is 0 Å². The summed E-state index contributed by atoms with van der Waals surface area (Å²) in [7, 11) is 0. The van der Waals surface area contributed by atoms with Gasteiger partial charge in [-0.2, -0.15) is 0 Å². The van der Waals surface area contributed by atoms with Gasteiger partial charge in [0, 0.05) is 31.6 Å². The van der Waals surface area contributed by atoms with Crippen LogP contribution < -0.4 is 0 Å². The molecule has 3 aromatic carbocycles. The summed E-state index contributed by atoms with van der Waals surface area (Å²) in [6.45, 7) is 4.92. The second-order valence-electron chi connectivity index (χ2n) is 6.79. The molecular weight excluding hydrogens is 557 g/mol. The van der Waals surface area contributed by atoms with Crippen molar-refractivity contribution in [2.75, 3.05) is 0 Å². The van der Waals surface area contributed by atoms with Gasteiger partial charge in [-0.05, 0) is 44.2 Å². The summed E-state index contributed by atoms with van der Waals surface area (Å²) in [5.41, 5.74) is 3.76. The van der Waals surface area contributed by atoms with E-state index in [1.807, 2.05) is 30.3 Å². The van der Waals surface area contributed by atoms with Crippen molar-refractivity contribution in [2.45, 2.75) is 20.8 Å². The first-order valence-corrected chi connectivity index (χ1v) is 9.20. The van der Waals surface area contributed by atoms with E-state index in [0.717, 1.165) is 33.1 Å². The Bertz CT molecular complexity index is 1230. The summed E-state index contributed by atoms with van der Waals surface area (Å²) in [5.74, 6) is -0.280. The van der Waals surface area contributed by atoms with E-state index >= 15 is 0 Å². The number of carbonyl (C=O) groups is 1. The number of halogens is 1. The third kappa shape index (κ3) is 5.38. The fourth-order valence-electron chi connectivity index (χ4n) is 3.19. The van der Waals surface area contributed by atoms with Gasteiger partial charge in [-0.25, -0.2) is 4.39 Å². The maximum Gasteiger partial charge on any atom is 0.155 e. The second-order valence-corrected chi connectivity index (χ2v) is 6.79. The molecule has 0 amide bonds. The number of rotatable bonds is 2. The minimum Gasteiger partial charge on any atom is -0.512 e. The number of allylic oxidation sites excluding steroid dienone is 2. The van der Waals surface area contributed by atoms with Gasteiger partial charge in [0.2, 0.25) is 0 Å². The van der Waals surface area contributed by atoms with Crippen LogP contribution in [0.4, 0.5) is 4.39 Å². The van der Waals surface area contributed by atoms with Crippen molar-refractivity contribution >= 4 is 27.5 Å². The van der Waals surface area contributed by atoms with Gasteiger partial charge in [0.1, 0.15) is 5.82 Å².